The zero-order valence-electron chi connectivity index (χ0n) is 16.2. The number of piperidine rings is 1. The van der Waals surface area contributed by atoms with Gasteiger partial charge in [-0.05, 0) is 48.6 Å². The fourth-order valence-corrected chi connectivity index (χ4v) is 3.94. The molecule has 0 aliphatic carbocycles. The molecule has 1 saturated heterocycles. The Hall–Kier alpha value is -3.07. The minimum Gasteiger partial charge on any atom is -0.508 e. The van der Waals surface area contributed by atoms with Crippen molar-refractivity contribution >= 4 is 17.3 Å². The van der Waals surface area contributed by atoms with E-state index in [1.807, 2.05) is 17.0 Å². The molecule has 1 fully saturated rings. The summed E-state index contributed by atoms with van der Waals surface area (Å²) in [5, 5.41) is 13.5. The van der Waals surface area contributed by atoms with Gasteiger partial charge in [0.05, 0.1) is 17.4 Å². The fraction of sp³-hybridized carbons (Fsp3) is 0.286. The second-order valence-electron chi connectivity index (χ2n) is 7.32. The lowest BCUT2D eigenvalue weighted by molar-refractivity contribution is -0.137. The van der Waals surface area contributed by atoms with Crippen LogP contribution in [0.3, 0.4) is 0 Å². The maximum atomic E-state index is 12.7. The molecule has 1 aromatic carbocycles. The number of pyridine rings is 1. The normalized spacial score (nSPS) is 15.3. The number of anilines is 1. The maximum Gasteiger partial charge on any atom is 0.417 e. The van der Waals surface area contributed by atoms with Gasteiger partial charge in [0.2, 0.25) is 0 Å². The Morgan fingerprint density at radius 1 is 1.03 bits per heavy atom. The van der Waals surface area contributed by atoms with Crippen molar-refractivity contribution in [2.24, 2.45) is 0 Å². The van der Waals surface area contributed by atoms with E-state index in [0.717, 1.165) is 35.2 Å². The van der Waals surface area contributed by atoms with Crippen LogP contribution in [-0.4, -0.2) is 33.0 Å². The highest BCUT2D eigenvalue weighted by Gasteiger charge is 2.31. The Balaban J connectivity index is 1.52. The van der Waals surface area contributed by atoms with E-state index in [0.29, 0.717) is 30.9 Å². The van der Waals surface area contributed by atoms with Gasteiger partial charge >= 0.3 is 6.18 Å². The number of hydrogen-bond acceptors (Lipinski definition) is 5. The molecule has 1 N–H and O–H groups in total. The Bertz CT molecular complexity index is 1120. The Morgan fingerprint density at radius 3 is 2.29 bits per heavy atom. The molecule has 0 radical (unpaired) electrons. The van der Waals surface area contributed by atoms with Crippen molar-refractivity contribution in [2.75, 3.05) is 18.0 Å². The van der Waals surface area contributed by atoms with Gasteiger partial charge in [-0.1, -0.05) is 23.7 Å². The predicted octanol–water partition coefficient (Wildman–Crippen LogP) is 4.39. The zero-order valence-corrected chi connectivity index (χ0v) is 16.9. The van der Waals surface area contributed by atoms with Gasteiger partial charge in [-0.3, -0.25) is 4.79 Å². The van der Waals surface area contributed by atoms with Crippen LogP contribution in [-0.2, 0) is 6.18 Å². The summed E-state index contributed by atoms with van der Waals surface area (Å²) in [5.74, 6) is 0.514. The minimum atomic E-state index is -4.52. The summed E-state index contributed by atoms with van der Waals surface area (Å²) >= 11 is 6.31. The van der Waals surface area contributed by atoms with E-state index < -0.39 is 17.3 Å². The van der Waals surface area contributed by atoms with E-state index in [-0.39, 0.29) is 16.6 Å². The molecular formula is C21H18ClF3N4O2. The minimum absolute atomic E-state index is 0.0440. The summed E-state index contributed by atoms with van der Waals surface area (Å²) in [4.78, 5) is 18.4. The molecule has 6 nitrogen and oxygen atoms in total. The van der Waals surface area contributed by atoms with Gasteiger partial charge in [0.15, 0.2) is 5.82 Å². The van der Waals surface area contributed by atoms with Crippen molar-refractivity contribution < 1.29 is 18.3 Å². The van der Waals surface area contributed by atoms with Crippen LogP contribution in [0.1, 0.15) is 29.9 Å². The van der Waals surface area contributed by atoms with Crippen LogP contribution in [0.25, 0.3) is 5.82 Å². The summed E-state index contributed by atoms with van der Waals surface area (Å²) in [6.07, 6.45) is -0.754. The molecule has 1 aliphatic rings. The van der Waals surface area contributed by atoms with Gasteiger partial charge in [0.25, 0.3) is 5.56 Å². The molecule has 0 atom stereocenters. The number of hydrogen-bond donors (Lipinski definition) is 1. The number of alkyl halides is 3. The second-order valence-corrected chi connectivity index (χ2v) is 7.69. The first-order chi connectivity index (χ1) is 14.7. The van der Waals surface area contributed by atoms with Crippen LogP contribution < -0.4 is 10.5 Å². The van der Waals surface area contributed by atoms with Gasteiger partial charge in [-0.15, -0.1) is 0 Å². The average molecular weight is 451 g/mol. The molecule has 10 heteroatoms. The lowest BCUT2D eigenvalue weighted by Crippen LogP contribution is -2.35. The highest BCUT2D eigenvalue weighted by molar-refractivity contribution is 6.33. The number of phenolic OH excluding ortho intramolecular Hbond substituents is 1. The van der Waals surface area contributed by atoms with Gasteiger partial charge < -0.3 is 10.0 Å². The molecule has 0 amide bonds. The number of benzene rings is 1. The van der Waals surface area contributed by atoms with E-state index in [4.69, 9.17) is 11.6 Å². The number of rotatable bonds is 3. The van der Waals surface area contributed by atoms with Crippen molar-refractivity contribution in [3.63, 3.8) is 0 Å². The highest BCUT2D eigenvalue weighted by Crippen LogP contribution is 2.33. The Labute approximate surface area is 180 Å². The van der Waals surface area contributed by atoms with Crippen molar-refractivity contribution in [2.45, 2.75) is 24.9 Å². The molecule has 0 spiro atoms. The summed E-state index contributed by atoms with van der Waals surface area (Å²) in [6, 6.07) is 9.06. The summed E-state index contributed by atoms with van der Waals surface area (Å²) in [6.45, 7) is 1.32. The van der Waals surface area contributed by atoms with Crippen LogP contribution in [0.5, 0.6) is 5.75 Å². The Kier molecular flexibility index (Phi) is 5.62. The van der Waals surface area contributed by atoms with E-state index in [1.165, 1.54) is 6.20 Å². The number of nitrogens with zero attached hydrogens (tertiary/aromatic N) is 4. The van der Waals surface area contributed by atoms with E-state index >= 15 is 0 Å². The van der Waals surface area contributed by atoms with Gasteiger partial charge in [-0.25, -0.2) is 4.98 Å². The number of aromatic hydroxyl groups is 1. The van der Waals surface area contributed by atoms with Crippen LogP contribution in [0.4, 0.5) is 18.9 Å². The lowest BCUT2D eigenvalue weighted by Gasteiger charge is -2.34. The molecule has 3 heterocycles. The molecule has 3 aromatic rings. The topological polar surface area (TPSA) is 71.2 Å². The molecule has 162 valence electrons. The SMILES string of the molecule is O=c1c(Cl)c(N2CCC(c3ccc(O)cc3)CC2)cnn1-c1ccc(C(F)(F)F)cn1. The van der Waals surface area contributed by atoms with Crippen LogP contribution in [0, 0.1) is 0 Å². The van der Waals surface area contributed by atoms with E-state index in [1.54, 1.807) is 12.1 Å². The first-order valence-corrected chi connectivity index (χ1v) is 9.97. The lowest BCUT2D eigenvalue weighted by atomic mass is 9.89. The van der Waals surface area contributed by atoms with Crippen molar-refractivity contribution in [1.82, 2.24) is 14.8 Å². The zero-order chi connectivity index (χ0) is 22.2. The standard InChI is InChI=1S/C21H18ClF3N4O2/c22-19-17(28-9-7-14(8-10-28)13-1-4-16(30)5-2-13)12-27-29(20(19)31)18-6-3-15(11-26-18)21(23,24)25/h1-6,11-12,14,30H,7-10H2. The summed E-state index contributed by atoms with van der Waals surface area (Å²) < 4.78 is 39.0. The Morgan fingerprint density at radius 2 is 1.71 bits per heavy atom. The van der Waals surface area contributed by atoms with Crippen LogP contribution >= 0.6 is 11.6 Å². The first-order valence-electron chi connectivity index (χ1n) is 9.59. The molecule has 0 bridgehead atoms. The third kappa shape index (κ3) is 4.36. The van der Waals surface area contributed by atoms with Crippen LogP contribution in [0.15, 0.2) is 53.6 Å². The molecule has 2 aromatic heterocycles. The second kappa shape index (κ2) is 8.22. The first kappa shape index (κ1) is 21.2. The largest absolute Gasteiger partial charge is 0.508 e. The van der Waals surface area contributed by atoms with Crippen molar-refractivity contribution in [3.8, 4) is 11.6 Å². The number of halogens is 4. The van der Waals surface area contributed by atoms with Gasteiger partial charge in [0, 0.05) is 19.3 Å². The molecule has 0 unspecified atom stereocenters. The van der Waals surface area contributed by atoms with Crippen molar-refractivity contribution in [1.29, 1.82) is 0 Å². The fourth-order valence-electron chi connectivity index (χ4n) is 3.69. The smallest absolute Gasteiger partial charge is 0.417 e. The average Bonchev–Trinajstić information content (AvgIpc) is 2.76. The van der Waals surface area contributed by atoms with Gasteiger partial charge in [-0.2, -0.15) is 23.0 Å². The highest BCUT2D eigenvalue weighted by atomic mass is 35.5. The molecule has 1 aliphatic heterocycles. The van der Waals surface area contributed by atoms with Gasteiger partial charge in [0.1, 0.15) is 10.8 Å². The third-order valence-electron chi connectivity index (χ3n) is 5.39. The molecular weight excluding hydrogens is 433 g/mol. The van der Waals surface area contributed by atoms with E-state index in [9.17, 15) is 23.1 Å². The number of aromatic nitrogens is 3. The third-order valence-corrected chi connectivity index (χ3v) is 5.75. The quantitative estimate of drug-likeness (QED) is 0.641. The monoisotopic (exact) mass is 450 g/mol. The number of phenols is 1. The van der Waals surface area contributed by atoms with Crippen LogP contribution in [0.2, 0.25) is 5.02 Å². The maximum absolute atomic E-state index is 12.7. The molecule has 31 heavy (non-hydrogen) atoms. The van der Waals surface area contributed by atoms with E-state index in [2.05, 4.69) is 10.1 Å². The molecule has 4 rings (SSSR count). The predicted molar refractivity (Wildman–Crippen MR) is 110 cm³/mol. The summed E-state index contributed by atoms with van der Waals surface area (Å²) in [5.41, 5.74) is 0.0695. The van der Waals surface area contributed by atoms with Crippen molar-refractivity contribution in [3.05, 3.63) is 75.3 Å². The summed E-state index contributed by atoms with van der Waals surface area (Å²) in [7, 11) is 0. The molecule has 0 saturated carbocycles.